The number of hydrazone groups is 1. The van der Waals surface area contributed by atoms with Gasteiger partial charge in [0.1, 0.15) is 0 Å². The highest BCUT2D eigenvalue weighted by Crippen LogP contribution is 2.29. The molecule has 0 bridgehead atoms. The van der Waals surface area contributed by atoms with Crippen molar-refractivity contribution in [1.82, 2.24) is 4.41 Å². The highest BCUT2D eigenvalue weighted by atomic mass is 35.5. The molecule has 0 amide bonds. The Labute approximate surface area is 146 Å². The normalized spacial score (nSPS) is 20.3. The van der Waals surface area contributed by atoms with E-state index in [-0.39, 0.29) is 32.9 Å². The molecular formula is C13H16Cl2N2O4S2. The fraction of sp³-hybridized carbons (Fsp3) is 0.462. The number of hydrogen-bond acceptors (Lipinski definition) is 5. The van der Waals surface area contributed by atoms with E-state index in [4.69, 9.17) is 23.2 Å². The van der Waals surface area contributed by atoms with Gasteiger partial charge in [-0.1, -0.05) is 23.2 Å². The lowest BCUT2D eigenvalue weighted by molar-refractivity contribution is 0.355. The van der Waals surface area contributed by atoms with E-state index in [1.54, 1.807) is 13.8 Å². The van der Waals surface area contributed by atoms with E-state index in [1.165, 1.54) is 18.2 Å². The van der Waals surface area contributed by atoms with Crippen LogP contribution in [0, 0.1) is 0 Å². The van der Waals surface area contributed by atoms with Gasteiger partial charge in [-0.15, -0.1) is 0 Å². The van der Waals surface area contributed by atoms with Crippen molar-refractivity contribution in [2.75, 3.05) is 11.5 Å². The molecule has 2 rings (SSSR count). The Morgan fingerprint density at radius 2 is 1.91 bits per heavy atom. The molecule has 1 aromatic rings. The zero-order valence-electron chi connectivity index (χ0n) is 12.5. The van der Waals surface area contributed by atoms with E-state index in [1.807, 2.05) is 0 Å². The first-order valence-electron chi connectivity index (χ1n) is 6.75. The lowest BCUT2D eigenvalue weighted by atomic mass is 10.3. The Morgan fingerprint density at radius 1 is 1.26 bits per heavy atom. The van der Waals surface area contributed by atoms with Gasteiger partial charge in [0.15, 0.2) is 9.84 Å². The number of halogens is 2. The minimum Gasteiger partial charge on any atom is -0.229 e. The van der Waals surface area contributed by atoms with Gasteiger partial charge in [-0.25, -0.2) is 8.42 Å². The molecule has 1 fully saturated rings. The lowest BCUT2D eigenvalue weighted by Gasteiger charge is -2.25. The minimum atomic E-state index is -4.03. The summed E-state index contributed by atoms with van der Waals surface area (Å²) in [6.45, 7) is 3.28. The van der Waals surface area contributed by atoms with Crippen molar-refractivity contribution in [2.45, 2.75) is 31.2 Å². The quantitative estimate of drug-likeness (QED) is 0.576. The summed E-state index contributed by atoms with van der Waals surface area (Å²) in [4.78, 5) is -0.0822. The summed E-state index contributed by atoms with van der Waals surface area (Å²) in [6, 6.07) is 3.20. The second-order valence-corrected chi connectivity index (χ2v) is 10.3. The number of hydrogen-bond donors (Lipinski definition) is 0. The zero-order valence-corrected chi connectivity index (χ0v) is 15.7. The van der Waals surface area contributed by atoms with Gasteiger partial charge in [-0.05, 0) is 38.5 Å². The predicted molar refractivity (Wildman–Crippen MR) is 91.3 cm³/mol. The molecule has 0 N–H and O–H groups in total. The molecule has 0 aromatic heterocycles. The van der Waals surface area contributed by atoms with Crippen LogP contribution >= 0.6 is 23.2 Å². The van der Waals surface area contributed by atoms with Crippen molar-refractivity contribution in [3.05, 3.63) is 28.2 Å². The van der Waals surface area contributed by atoms with Gasteiger partial charge in [-0.3, -0.25) is 0 Å². The maximum atomic E-state index is 12.9. The summed E-state index contributed by atoms with van der Waals surface area (Å²) >= 11 is 11.7. The average Bonchev–Trinajstić information content (AvgIpc) is 2.78. The first-order chi connectivity index (χ1) is 10.5. The molecule has 1 heterocycles. The standard InChI is InChI=1S/C13H16Cl2N2O4S2/c1-9(2)16-17(10-5-6-22(18,19)8-10)23(20,21)11-3-4-12(14)13(15)7-11/h3-4,7,10H,5-6,8H2,1-2H3/t10-/m1/s1. The fourth-order valence-corrected chi connectivity index (χ4v) is 5.94. The van der Waals surface area contributed by atoms with E-state index in [2.05, 4.69) is 5.10 Å². The van der Waals surface area contributed by atoms with E-state index < -0.39 is 25.9 Å². The van der Waals surface area contributed by atoms with Gasteiger partial charge in [0.05, 0.1) is 32.5 Å². The smallest absolute Gasteiger partial charge is 0.229 e. The Balaban J connectivity index is 2.49. The van der Waals surface area contributed by atoms with Crippen molar-refractivity contribution in [3.63, 3.8) is 0 Å². The largest absolute Gasteiger partial charge is 0.279 e. The Bertz CT molecular complexity index is 847. The molecule has 1 aliphatic rings. The van der Waals surface area contributed by atoms with E-state index in [0.717, 1.165) is 4.41 Å². The van der Waals surface area contributed by atoms with Crippen molar-refractivity contribution >= 4 is 48.8 Å². The van der Waals surface area contributed by atoms with Crippen LogP contribution in [0.25, 0.3) is 0 Å². The summed E-state index contributed by atoms with van der Waals surface area (Å²) in [5.41, 5.74) is 0.498. The average molecular weight is 399 g/mol. The van der Waals surface area contributed by atoms with Gasteiger partial charge in [0, 0.05) is 5.71 Å². The molecule has 0 unspecified atom stereocenters. The first kappa shape index (κ1) is 18.5. The minimum absolute atomic E-state index is 0.0522. The van der Waals surface area contributed by atoms with Crippen molar-refractivity contribution in [2.24, 2.45) is 5.10 Å². The number of rotatable bonds is 4. The molecule has 0 saturated carbocycles. The van der Waals surface area contributed by atoms with Crippen LogP contribution in [0.2, 0.25) is 10.0 Å². The highest BCUT2D eigenvalue weighted by Gasteiger charge is 2.38. The zero-order chi connectivity index (χ0) is 17.4. The van der Waals surface area contributed by atoms with Crippen LogP contribution in [0.3, 0.4) is 0 Å². The molecule has 6 nitrogen and oxygen atoms in total. The molecule has 1 atom stereocenters. The van der Waals surface area contributed by atoms with Gasteiger partial charge in [0.25, 0.3) is 10.0 Å². The van der Waals surface area contributed by atoms with Crippen molar-refractivity contribution in [3.8, 4) is 0 Å². The molecule has 23 heavy (non-hydrogen) atoms. The number of sulfonamides is 1. The van der Waals surface area contributed by atoms with Gasteiger partial charge >= 0.3 is 0 Å². The van der Waals surface area contributed by atoms with Crippen molar-refractivity contribution < 1.29 is 16.8 Å². The Kier molecular flexibility index (Phi) is 5.30. The molecule has 0 spiro atoms. The maximum Gasteiger partial charge on any atom is 0.279 e. The topological polar surface area (TPSA) is 83.9 Å². The number of sulfone groups is 1. The summed E-state index contributed by atoms with van der Waals surface area (Å²) < 4.78 is 50.0. The van der Waals surface area contributed by atoms with Crippen LogP contribution < -0.4 is 0 Å². The third-order valence-electron chi connectivity index (χ3n) is 3.25. The monoisotopic (exact) mass is 398 g/mol. The molecule has 0 aliphatic carbocycles. The third kappa shape index (κ3) is 4.17. The molecule has 1 saturated heterocycles. The summed E-state index contributed by atoms with van der Waals surface area (Å²) in [5.74, 6) is -0.298. The number of benzene rings is 1. The Morgan fingerprint density at radius 3 is 2.39 bits per heavy atom. The van der Waals surface area contributed by atoms with Crippen molar-refractivity contribution in [1.29, 1.82) is 0 Å². The van der Waals surface area contributed by atoms with Gasteiger partial charge < -0.3 is 0 Å². The molecule has 128 valence electrons. The van der Waals surface area contributed by atoms with Crippen LogP contribution in [0.5, 0.6) is 0 Å². The molecule has 1 aromatic carbocycles. The maximum absolute atomic E-state index is 12.9. The van der Waals surface area contributed by atoms with Gasteiger partial charge in [-0.2, -0.15) is 17.9 Å². The molecule has 0 radical (unpaired) electrons. The van der Waals surface area contributed by atoms with E-state index in [9.17, 15) is 16.8 Å². The second-order valence-electron chi connectivity index (χ2n) is 5.46. The van der Waals surface area contributed by atoms with Crippen LogP contribution in [0.15, 0.2) is 28.2 Å². The van der Waals surface area contributed by atoms with Crippen LogP contribution in [-0.2, 0) is 19.9 Å². The first-order valence-corrected chi connectivity index (χ1v) is 10.8. The lowest BCUT2D eigenvalue weighted by Crippen LogP contribution is -2.37. The van der Waals surface area contributed by atoms with Crippen LogP contribution in [-0.4, -0.2) is 44.5 Å². The summed E-state index contributed by atoms with van der Waals surface area (Å²) in [7, 11) is -7.29. The van der Waals surface area contributed by atoms with E-state index >= 15 is 0 Å². The number of nitrogens with zero attached hydrogens (tertiary/aromatic N) is 2. The predicted octanol–water partition coefficient (Wildman–Crippen LogP) is 2.57. The molecule has 1 aliphatic heterocycles. The van der Waals surface area contributed by atoms with E-state index in [0.29, 0.717) is 5.71 Å². The van der Waals surface area contributed by atoms with Gasteiger partial charge in [0.2, 0.25) is 0 Å². The summed E-state index contributed by atoms with van der Waals surface area (Å²) in [5, 5.41) is 4.38. The molecule has 10 heteroatoms. The second kappa shape index (κ2) is 6.58. The van der Waals surface area contributed by atoms with Crippen LogP contribution in [0.1, 0.15) is 20.3 Å². The Hall–Kier alpha value is -0.830. The highest BCUT2D eigenvalue weighted by molar-refractivity contribution is 7.92. The fourth-order valence-electron chi connectivity index (χ4n) is 2.22. The van der Waals surface area contributed by atoms with Crippen LogP contribution in [0.4, 0.5) is 0 Å². The third-order valence-corrected chi connectivity index (χ3v) is 7.47. The summed E-state index contributed by atoms with van der Waals surface area (Å²) in [6.07, 6.45) is 0.208. The molecular weight excluding hydrogens is 383 g/mol. The SMILES string of the molecule is CC(C)=NN([C@@H]1CCS(=O)(=O)C1)S(=O)(=O)c1ccc(Cl)c(Cl)c1.